The second-order valence-electron chi connectivity index (χ2n) is 8.16. The summed E-state index contributed by atoms with van der Waals surface area (Å²) >= 11 is 6.10. The van der Waals surface area contributed by atoms with Gasteiger partial charge >= 0.3 is 0 Å². The molecule has 3 heterocycles. The van der Waals surface area contributed by atoms with Crippen LogP contribution >= 0.6 is 11.6 Å². The van der Waals surface area contributed by atoms with Crippen molar-refractivity contribution in [3.8, 4) is 5.75 Å². The quantitative estimate of drug-likeness (QED) is 0.769. The normalized spacial score (nSPS) is 19.1. The van der Waals surface area contributed by atoms with Gasteiger partial charge in [0, 0.05) is 48.9 Å². The molecule has 154 valence electrons. The van der Waals surface area contributed by atoms with Crippen LogP contribution in [0.1, 0.15) is 36.8 Å². The molecule has 1 aromatic heterocycles. The van der Waals surface area contributed by atoms with E-state index in [0.29, 0.717) is 37.1 Å². The zero-order valence-electron chi connectivity index (χ0n) is 17.2. The topological polar surface area (TPSA) is 58.6 Å². The average Bonchev–Trinajstić information content (AvgIpc) is 2.72. The molecule has 0 bridgehead atoms. The molecule has 1 unspecified atom stereocenters. The summed E-state index contributed by atoms with van der Waals surface area (Å²) in [5.41, 5.74) is 1.99. The lowest BCUT2D eigenvalue weighted by Crippen LogP contribution is -2.52. The summed E-state index contributed by atoms with van der Waals surface area (Å²) in [6, 6.07) is 7.63. The Kier molecular flexibility index (Phi) is 5.63. The number of ether oxygens (including phenoxy) is 1. The Balaban J connectivity index is 1.39. The van der Waals surface area contributed by atoms with E-state index in [4.69, 9.17) is 21.3 Å². The van der Waals surface area contributed by atoms with Crippen LogP contribution in [0.4, 0.5) is 5.82 Å². The Morgan fingerprint density at radius 3 is 2.66 bits per heavy atom. The van der Waals surface area contributed by atoms with Crippen LogP contribution in [0.3, 0.4) is 0 Å². The van der Waals surface area contributed by atoms with Crippen LogP contribution in [-0.4, -0.2) is 53.6 Å². The van der Waals surface area contributed by atoms with Crippen LogP contribution in [0.25, 0.3) is 0 Å². The first-order valence-electron chi connectivity index (χ1n) is 10.2. The van der Waals surface area contributed by atoms with Gasteiger partial charge < -0.3 is 14.5 Å². The highest BCUT2D eigenvalue weighted by Gasteiger charge is 2.31. The number of nitrogens with zero attached hydrogens (tertiary/aromatic N) is 4. The number of piperazine rings is 1. The van der Waals surface area contributed by atoms with Gasteiger partial charge in [-0.15, -0.1) is 0 Å². The minimum atomic E-state index is -0.152. The molecule has 29 heavy (non-hydrogen) atoms. The van der Waals surface area contributed by atoms with Crippen LogP contribution < -0.4 is 9.64 Å². The van der Waals surface area contributed by atoms with E-state index in [2.05, 4.69) is 23.7 Å². The maximum atomic E-state index is 13.1. The van der Waals surface area contributed by atoms with E-state index in [0.717, 1.165) is 41.7 Å². The monoisotopic (exact) mass is 414 g/mol. The summed E-state index contributed by atoms with van der Waals surface area (Å²) in [4.78, 5) is 26.5. The molecule has 1 amide bonds. The number of aryl methyl sites for hydroxylation is 1. The van der Waals surface area contributed by atoms with Crippen molar-refractivity contribution in [3.63, 3.8) is 0 Å². The number of benzene rings is 1. The third kappa shape index (κ3) is 4.32. The first kappa shape index (κ1) is 20.0. The van der Waals surface area contributed by atoms with Crippen molar-refractivity contribution in [2.75, 3.05) is 37.7 Å². The number of amides is 1. The zero-order chi connectivity index (χ0) is 20.5. The lowest BCUT2D eigenvalue weighted by atomic mass is 9.95. The van der Waals surface area contributed by atoms with E-state index >= 15 is 0 Å². The first-order valence-corrected chi connectivity index (χ1v) is 10.6. The fourth-order valence-electron chi connectivity index (χ4n) is 3.93. The number of carbonyl (C=O) groups excluding carboxylic acids is 1. The molecule has 1 aromatic carbocycles. The molecular formula is C22H27ClN4O2. The van der Waals surface area contributed by atoms with E-state index in [1.165, 1.54) is 0 Å². The Morgan fingerprint density at radius 1 is 1.17 bits per heavy atom. The standard InChI is InChI=1S/C22H27ClN4O2/c1-14(2)21-24-15(3)10-20(25-21)26-6-8-27(9-7-26)22(28)17-11-16-12-18(23)4-5-19(16)29-13-17/h4-5,10,12,14,17H,6-9,11,13H2,1-3H3. The molecule has 0 radical (unpaired) electrons. The van der Waals surface area contributed by atoms with Crippen molar-refractivity contribution in [2.45, 2.75) is 33.1 Å². The van der Waals surface area contributed by atoms with Crippen LogP contribution in [0.15, 0.2) is 24.3 Å². The van der Waals surface area contributed by atoms with E-state index in [1.54, 1.807) is 0 Å². The second-order valence-corrected chi connectivity index (χ2v) is 8.59. The van der Waals surface area contributed by atoms with E-state index in [9.17, 15) is 4.79 Å². The van der Waals surface area contributed by atoms with Crippen LogP contribution in [-0.2, 0) is 11.2 Å². The number of hydrogen-bond acceptors (Lipinski definition) is 5. The van der Waals surface area contributed by atoms with Gasteiger partial charge in [0.25, 0.3) is 0 Å². The lowest BCUT2D eigenvalue weighted by molar-refractivity contribution is -0.137. The van der Waals surface area contributed by atoms with Gasteiger partial charge in [-0.2, -0.15) is 0 Å². The number of hydrogen-bond donors (Lipinski definition) is 0. The highest BCUT2D eigenvalue weighted by molar-refractivity contribution is 6.30. The fourth-order valence-corrected chi connectivity index (χ4v) is 4.13. The van der Waals surface area contributed by atoms with Gasteiger partial charge in [-0.1, -0.05) is 25.4 Å². The molecule has 1 atom stereocenters. The third-order valence-corrected chi connectivity index (χ3v) is 5.80. The summed E-state index contributed by atoms with van der Waals surface area (Å²) in [5, 5.41) is 0.676. The molecule has 0 aliphatic carbocycles. The summed E-state index contributed by atoms with van der Waals surface area (Å²) in [6.45, 7) is 9.57. The minimum absolute atomic E-state index is 0.152. The van der Waals surface area contributed by atoms with Crippen LogP contribution in [0, 0.1) is 12.8 Å². The highest BCUT2D eigenvalue weighted by atomic mass is 35.5. The molecule has 0 saturated carbocycles. The molecule has 0 N–H and O–H groups in total. The van der Waals surface area contributed by atoms with Crippen molar-refractivity contribution in [1.29, 1.82) is 0 Å². The number of fused-ring (bicyclic) bond motifs is 1. The smallest absolute Gasteiger partial charge is 0.229 e. The molecule has 6 nitrogen and oxygen atoms in total. The number of aromatic nitrogens is 2. The lowest BCUT2D eigenvalue weighted by Gasteiger charge is -2.38. The molecule has 2 aromatic rings. The molecular weight excluding hydrogens is 388 g/mol. The molecule has 4 rings (SSSR count). The third-order valence-electron chi connectivity index (χ3n) is 5.57. The van der Waals surface area contributed by atoms with Gasteiger partial charge in [-0.25, -0.2) is 9.97 Å². The molecule has 1 fully saturated rings. The minimum Gasteiger partial charge on any atom is -0.492 e. The van der Waals surface area contributed by atoms with Crippen molar-refractivity contribution in [2.24, 2.45) is 5.92 Å². The summed E-state index contributed by atoms with van der Waals surface area (Å²) in [7, 11) is 0. The van der Waals surface area contributed by atoms with E-state index in [1.807, 2.05) is 36.1 Å². The maximum absolute atomic E-state index is 13.1. The van der Waals surface area contributed by atoms with Gasteiger partial charge in [0.1, 0.15) is 24.0 Å². The Bertz CT molecular complexity index is 910. The van der Waals surface area contributed by atoms with Crippen molar-refractivity contribution < 1.29 is 9.53 Å². The predicted molar refractivity (Wildman–Crippen MR) is 114 cm³/mol. The summed E-state index contributed by atoms with van der Waals surface area (Å²) in [5.74, 6) is 2.97. The van der Waals surface area contributed by atoms with Crippen molar-refractivity contribution in [3.05, 3.63) is 46.4 Å². The van der Waals surface area contributed by atoms with Gasteiger partial charge in [0.05, 0.1) is 5.92 Å². The first-order chi connectivity index (χ1) is 13.9. The number of carbonyl (C=O) groups is 1. The highest BCUT2D eigenvalue weighted by Crippen LogP contribution is 2.30. The number of rotatable bonds is 3. The number of halogens is 1. The van der Waals surface area contributed by atoms with Crippen molar-refractivity contribution in [1.82, 2.24) is 14.9 Å². The number of anilines is 1. The van der Waals surface area contributed by atoms with Crippen molar-refractivity contribution >= 4 is 23.3 Å². The Morgan fingerprint density at radius 2 is 1.93 bits per heavy atom. The average molecular weight is 415 g/mol. The molecule has 7 heteroatoms. The fraction of sp³-hybridized carbons (Fsp3) is 0.500. The van der Waals surface area contributed by atoms with Gasteiger partial charge in [-0.3, -0.25) is 4.79 Å². The zero-order valence-corrected chi connectivity index (χ0v) is 17.9. The molecule has 0 spiro atoms. The summed E-state index contributed by atoms with van der Waals surface area (Å²) in [6.07, 6.45) is 0.678. The van der Waals surface area contributed by atoms with E-state index < -0.39 is 0 Å². The van der Waals surface area contributed by atoms with Gasteiger partial charge in [-0.05, 0) is 37.1 Å². The maximum Gasteiger partial charge on any atom is 0.229 e. The largest absolute Gasteiger partial charge is 0.492 e. The van der Waals surface area contributed by atoms with Gasteiger partial charge in [0.15, 0.2) is 0 Å². The van der Waals surface area contributed by atoms with Gasteiger partial charge in [0.2, 0.25) is 5.91 Å². The SMILES string of the molecule is Cc1cc(N2CCN(C(=O)C3COc4ccc(Cl)cc4C3)CC2)nc(C(C)C)n1. The molecule has 2 aliphatic rings. The summed E-state index contributed by atoms with van der Waals surface area (Å²) < 4.78 is 5.81. The van der Waals surface area contributed by atoms with Crippen LogP contribution in [0.5, 0.6) is 5.75 Å². The predicted octanol–water partition coefficient (Wildman–Crippen LogP) is 3.46. The Hall–Kier alpha value is -2.34. The second kappa shape index (κ2) is 8.19. The van der Waals surface area contributed by atoms with E-state index in [-0.39, 0.29) is 11.8 Å². The Labute approximate surface area is 176 Å². The molecule has 1 saturated heterocycles. The molecule has 2 aliphatic heterocycles. The van der Waals surface area contributed by atoms with Crippen LogP contribution in [0.2, 0.25) is 5.02 Å².